The lowest BCUT2D eigenvalue weighted by molar-refractivity contribution is 0.0608. The van der Waals surface area contributed by atoms with Crippen molar-refractivity contribution in [2.45, 2.75) is 38.3 Å². The Labute approximate surface area is 181 Å². The van der Waals surface area contributed by atoms with E-state index in [0.717, 1.165) is 32.6 Å². The number of rotatable bonds is 11. The Morgan fingerprint density at radius 2 is 1.77 bits per heavy atom. The lowest BCUT2D eigenvalue weighted by atomic mass is 10.1. The smallest absolute Gasteiger partial charge is 0.161 e. The Bertz CT molecular complexity index is 747. The Hall–Kier alpha value is -2.08. The van der Waals surface area contributed by atoms with Gasteiger partial charge in [-0.3, -0.25) is 0 Å². The molecule has 5 nitrogen and oxygen atoms in total. The quantitative estimate of drug-likeness (QED) is 0.611. The van der Waals surface area contributed by atoms with Gasteiger partial charge in [-0.1, -0.05) is 42.8 Å². The summed E-state index contributed by atoms with van der Waals surface area (Å²) in [5, 5.41) is 10.4. The van der Waals surface area contributed by atoms with Crippen LogP contribution < -0.4 is 9.47 Å². The molecular weight excluding hydrogens is 376 g/mol. The van der Waals surface area contributed by atoms with Crippen LogP contribution in [0.2, 0.25) is 0 Å². The molecule has 0 saturated carbocycles. The zero-order valence-corrected chi connectivity index (χ0v) is 18.4. The van der Waals surface area contributed by atoms with Crippen LogP contribution in [-0.4, -0.2) is 68.0 Å². The summed E-state index contributed by atoms with van der Waals surface area (Å²) in [6.07, 6.45) is 4.28. The molecule has 0 spiro atoms. The average molecular weight is 413 g/mol. The van der Waals surface area contributed by atoms with Gasteiger partial charge in [0.05, 0.1) is 7.11 Å². The minimum absolute atomic E-state index is 0.278. The predicted octanol–water partition coefficient (Wildman–Crippen LogP) is 3.60. The topological polar surface area (TPSA) is 45.2 Å². The maximum atomic E-state index is 10.4. The number of hydrogen-bond acceptors (Lipinski definition) is 5. The summed E-state index contributed by atoms with van der Waals surface area (Å²) >= 11 is 0. The molecule has 1 aliphatic heterocycles. The van der Waals surface area contributed by atoms with Gasteiger partial charge >= 0.3 is 0 Å². The number of β-amino-alcohol motifs (C(OH)–C–C–N with tert-alkyl or cyclic N) is 1. The van der Waals surface area contributed by atoms with E-state index >= 15 is 0 Å². The molecule has 2 aromatic rings. The summed E-state index contributed by atoms with van der Waals surface area (Å²) in [7, 11) is 3.79. The average Bonchev–Trinajstić information content (AvgIpc) is 2.78. The Morgan fingerprint density at radius 1 is 1.00 bits per heavy atom. The van der Waals surface area contributed by atoms with Crippen LogP contribution in [0.15, 0.2) is 48.5 Å². The molecule has 0 unspecified atom stereocenters. The molecule has 0 aromatic heterocycles. The van der Waals surface area contributed by atoms with Crippen LogP contribution in [0.25, 0.3) is 0 Å². The van der Waals surface area contributed by atoms with Crippen LogP contribution in [0.1, 0.15) is 30.4 Å². The molecule has 5 heteroatoms. The first-order chi connectivity index (χ1) is 14.6. The van der Waals surface area contributed by atoms with Crippen LogP contribution >= 0.6 is 0 Å². The second-order valence-electron chi connectivity index (χ2n) is 8.28. The van der Waals surface area contributed by atoms with E-state index in [0.29, 0.717) is 18.0 Å². The SMILES string of the molecule is COc1ccc(CN(C)CCc2ccccc2)cc1OC[C@H](O)CN1CCCCC1. The third-order valence-corrected chi connectivity index (χ3v) is 5.65. The van der Waals surface area contributed by atoms with Crippen LogP contribution in [-0.2, 0) is 13.0 Å². The van der Waals surface area contributed by atoms with E-state index in [1.54, 1.807) is 7.11 Å². The molecule has 1 aliphatic rings. The number of piperidine rings is 1. The lowest BCUT2D eigenvalue weighted by Gasteiger charge is -2.28. The van der Waals surface area contributed by atoms with Gasteiger partial charge < -0.3 is 24.4 Å². The Morgan fingerprint density at radius 3 is 2.50 bits per heavy atom. The summed E-state index contributed by atoms with van der Waals surface area (Å²) in [6.45, 7) is 4.92. The molecule has 1 fully saturated rings. The highest BCUT2D eigenvalue weighted by molar-refractivity contribution is 5.43. The summed E-state index contributed by atoms with van der Waals surface area (Å²) < 4.78 is 11.4. The number of ether oxygens (including phenoxy) is 2. The largest absolute Gasteiger partial charge is 0.493 e. The van der Waals surface area contributed by atoms with Gasteiger partial charge in [0.25, 0.3) is 0 Å². The van der Waals surface area contributed by atoms with Gasteiger partial charge in [-0.25, -0.2) is 0 Å². The number of likely N-dealkylation sites (N-methyl/N-ethyl adjacent to an activating group) is 1. The number of aliphatic hydroxyl groups excluding tert-OH is 1. The van der Waals surface area contributed by atoms with E-state index in [-0.39, 0.29) is 6.61 Å². The third kappa shape index (κ3) is 7.31. The number of hydrogen-bond donors (Lipinski definition) is 1. The minimum atomic E-state index is -0.495. The van der Waals surface area contributed by atoms with Crippen LogP contribution in [0, 0.1) is 0 Å². The van der Waals surface area contributed by atoms with Gasteiger partial charge in [-0.15, -0.1) is 0 Å². The van der Waals surface area contributed by atoms with E-state index in [2.05, 4.69) is 53.2 Å². The molecule has 164 valence electrons. The normalized spacial score (nSPS) is 15.9. The molecule has 0 radical (unpaired) electrons. The summed E-state index contributed by atoms with van der Waals surface area (Å²) in [6, 6.07) is 16.6. The second-order valence-corrected chi connectivity index (χ2v) is 8.28. The zero-order valence-electron chi connectivity index (χ0n) is 18.4. The van der Waals surface area contributed by atoms with Crippen molar-refractivity contribution in [3.05, 3.63) is 59.7 Å². The third-order valence-electron chi connectivity index (χ3n) is 5.65. The molecular formula is C25H36N2O3. The maximum absolute atomic E-state index is 10.4. The standard InChI is InChI=1S/C25H36N2O3/c1-26(16-13-21-9-5-3-6-10-21)18-22-11-12-24(29-2)25(17-22)30-20-23(28)19-27-14-7-4-8-15-27/h3,5-6,9-12,17,23,28H,4,7-8,13-16,18-20H2,1-2H3/t23-/m1/s1. The number of aliphatic hydroxyl groups is 1. The number of methoxy groups -OCH3 is 1. The molecule has 0 bridgehead atoms. The van der Waals surface area contributed by atoms with Gasteiger partial charge in [0.2, 0.25) is 0 Å². The van der Waals surface area contributed by atoms with Crippen LogP contribution in [0.5, 0.6) is 11.5 Å². The first-order valence-corrected chi connectivity index (χ1v) is 11.1. The molecule has 1 saturated heterocycles. The highest BCUT2D eigenvalue weighted by Gasteiger charge is 2.16. The highest BCUT2D eigenvalue weighted by atomic mass is 16.5. The molecule has 1 heterocycles. The summed E-state index contributed by atoms with van der Waals surface area (Å²) in [4.78, 5) is 4.64. The van der Waals surface area contributed by atoms with Crippen LogP contribution in [0.4, 0.5) is 0 Å². The Balaban J connectivity index is 1.50. The fourth-order valence-electron chi connectivity index (χ4n) is 3.97. The lowest BCUT2D eigenvalue weighted by Crippen LogP contribution is -2.38. The number of benzene rings is 2. The van der Waals surface area contributed by atoms with Crippen molar-refractivity contribution in [1.29, 1.82) is 0 Å². The zero-order chi connectivity index (χ0) is 21.2. The van der Waals surface area contributed by atoms with Crippen molar-refractivity contribution in [1.82, 2.24) is 9.80 Å². The van der Waals surface area contributed by atoms with E-state index in [1.807, 2.05) is 12.1 Å². The first-order valence-electron chi connectivity index (χ1n) is 11.1. The van der Waals surface area contributed by atoms with Crippen molar-refractivity contribution in [2.24, 2.45) is 0 Å². The van der Waals surface area contributed by atoms with Crippen molar-refractivity contribution in [3.63, 3.8) is 0 Å². The van der Waals surface area contributed by atoms with E-state index in [4.69, 9.17) is 9.47 Å². The molecule has 2 aromatic carbocycles. The summed E-state index contributed by atoms with van der Waals surface area (Å²) in [5.74, 6) is 1.40. The molecule has 3 rings (SSSR count). The van der Waals surface area contributed by atoms with Gasteiger partial charge in [-0.05, 0) is 62.7 Å². The first kappa shape index (κ1) is 22.6. The predicted molar refractivity (Wildman–Crippen MR) is 121 cm³/mol. The number of likely N-dealkylation sites (tertiary alicyclic amines) is 1. The fourth-order valence-corrected chi connectivity index (χ4v) is 3.97. The minimum Gasteiger partial charge on any atom is -0.493 e. The van der Waals surface area contributed by atoms with Gasteiger partial charge in [0, 0.05) is 19.6 Å². The van der Waals surface area contributed by atoms with Crippen molar-refractivity contribution in [2.75, 3.05) is 46.9 Å². The van der Waals surface area contributed by atoms with Crippen molar-refractivity contribution < 1.29 is 14.6 Å². The van der Waals surface area contributed by atoms with Crippen molar-refractivity contribution >= 4 is 0 Å². The van der Waals surface area contributed by atoms with Gasteiger partial charge in [-0.2, -0.15) is 0 Å². The van der Waals surface area contributed by atoms with E-state index in [1.165, 1.54) is 30.4 Å². The van der Waals surface area contributed by atoms with Gasteiger partial charge in [0.15, 0.2) is 11.5 Å². The van der Waals surface area contributed by atoms with Crippen molar-refractivity contribution in [3.8, 4) is 11.5 Å². The van der Waals surface area contributed by atoms with Gasteiger partial charge in [0.1, 0.15) is 12.7 Å². The van der Waals surface area contributed by atoms with Crippen LogP contribution in [0.3, 0.4) is 0 Å². The fraction of sp³-hybridized carbons (Fsp3) is 0.520. The van der Waals surface area contributed by atoms with E-state index < -0.39 is 6.10 Å². The molecule has 1 N–H and O–H groups in total. The molecule has 30 heavy (non-hydrogen) atoms. The molecule has 1 atom stereocenters. The maximum Gasteiger partial charge on any atom is 0.161 e. The Kier molecular flexibility index (Phi) is 9.00. The highest BCUT2D eigenvalue weighted by Crippen LogP contribution is 2.28. The van der Waals surface area contributed by atoms with E-state index in [9.17, 15) is 5.11 Å². The second kappa shape index (κ2) is 11.9. The monoisotopic (exact) mass is 412 g/mol. The number of nitrogens with zero attached hydrogens (tertiary/aromatic N) is 2. The molecule has 0 amide bonds. The molecule has 0 aliphatic carbocycles. The summed E-state index contributed by atoms with van der Waals surface area (Å²) in [5.41, 5.74) is 2.53.